The second-order valence-electron chi connectivity index (χ2n) is 8.76. The van der Waals surface area contributed by atoms with Crippen molar-refractivity contribution in [3.8, 4) is 22.6 Å². The zero-order valence-electron chi connectivity index (χ0n) is 19.2. The van der Waals surface area contributed by atoms with E-state index < -0.39 is 0 Å². The first-order valence-electron chi connectivity index (χ1n) is 10.8. The summed E-state index contributed by atoms with van der Waals surface area (Å²) in [6.07, 6.45) is 3.78. The predicted octanol–water partition coefficient (Wildman–Crippen LogP) is 5.12. The number of nitrogens with one attached hydrogen (secondary N) is 1. The van der Waals surface area contributed by atoms with Crippen LogP contribution in [0.5, 0.6) is 0 Å². The summed E-state index contributed by atoms with van der Waals surface area (Å²) in [6, 6.07) is 12.7. The van der Waals surface area contributed by atoms with Gasteiger partial charge in [-0.15, -0.1) is 0 Å². The van der Waals surface area contributed by atoms with Gasteiger partial charge in [-0.3, -0.25) is 4.40 Å². The molecule has 7 heteroatoms. The molecule has 0 saturated heterocycles. The second kappa shape index (κ2) is 9.04. The number of rotatable bonds is 7. The van der Waals surface area contributed by atoms with Crippen molar-refractivity contribution in [3.63, 3.8) is 0 Å². The lowest BCUT2D eigenvalue weighted by Crippen LogP contribution is -2.22. The third-order valence-corrected chi connectivity index (χ3v) is 5.56. The molecule has 0 aliphatic heterocycles. The number of anilines is 1. The van der Waals surface area contributed by atoms with Crippen molar-refractivity contribution in [3.05, 3.63) is 66.2 Å². The highest BCUT2D eigenvalue weighted by Gasteiger charge is 2.19. The Morgan fingerprint density at radius 3 is 2.47 bits per heavy atom. The van der Waals surface area contributed by atoms with E-state index in [0.717, 1.165) is 34.8 Å². The smallest absolute Gasteiger partial charge is 0.223 e. The number of hydrogen-bond acceptors (Lipinski definition) is 5. The van der Waals surface area contributed by atoms with E-state index in [-0.39, 0.29) is 11.9 Å². The van der Waals surface area contributed by atoms with E-state index in [2.05, 4.69) is 48.1 Å². The van der Waals surface area contributed by atoms with E-state index in [9.17, 15) is 4.39 Å². The fraction of sp³-hybridized carbons (Fsp3) is 0.320. The molecule has 0 saturated carbocycles. The Hall–Kier alpha value is -3.32. The van der Waals surface area contributed by atoms with Gasteiger partial charge < -0.3 is 10.2 Å². The van der Waals surface area contributed by atoms with Gasteiger partial charge >= 0.3 is 0 Å². The Morgan fingerprint density at radius 2 is 1.78 bits per heavy atom. The summed E-state index contributed by atoms with van der Waals surface area (Å²) >= 11 is 0. The number of benzene rings is 1. The quantitative estimate of drug-likeness (QED) is 0.439. The van der Waals surface area contributed by atoms with Crippen molar-refractivity contribution < 1.29 is 4.39 Å². The molecule has 4 rings (SSSR count). The van der Waals surface area contributed by atoms with Gasteiger partial charge in [-0.1, -0.05) is 13.8 Å². The average molecular weight is 433 g/mol. The van der Waals surface area contributed by atoms with Gasteiger partial charge in [0.15, 0.2) is 0 Å². The number of halogens is 1. The Kier molecular flexibility index (Phi) is 6.19. The maximum Gasteiger partial charge on any atom is 0.223 e. The standard InChI is InChI=1S/C25H29FN6/c1-16(2)17(3)28-25-27-12-10-21(29-25)24-23(19-6-8-20(26)9-7-19)30-22-14-18(15-31(4)5)11-13-32(22)24/h6-14,16-17H,15H2,1-5H3,(H,27,28,29). The van der Waals surface area contributed by atoms with Crippen LogP contribution in [-0.4, -0.2) is 44.4 Å². The van der Waals surface area contributed by atoms with E-state index in [1.165, 1.54) is 17.7 Å². The summed E-state index contributed by atoms with van der Waals surface area (Å²) < 4.78 is 15.6. The van der Waals surface area contributed by atoms with Gasteiger partial charge in [0.2, 0.25) is 5.95 Å². The average Bonchev–Trinajstić information content (AvgIpc) is 3.12. The summed E-state index contributed by atoms with van der Waals surface area (Å²) in [6.45, 7) is 7.25. The highest BCUT2D eigenvalue weighted by Crippen LogP contribution is 2.32. The highest BCUT2D eigenvalue weighted by atomic mass is 19.1. The summed E-state index contributed by atoms with van der Waals surface area (Å²) in [4.78, 5) is 16.2. The van der Waals surface area contributed by atoms with E-state index in [1.54, 1.807) is 18.3 Å². The summed E-state index contributed by atoms with van der Waals surface area (Å²) in [5, 5.41) is 3.38. The van der Waals surface area contributed by atoms with Gasteiger partial charge in [-0.05, 0) is 75.0 Å². The van der Waals surface area contributed by atoms with Crippen molar-refractivity contribution in [1.29, 1.82) is 0 Å². The Morgan fingerprint density at radius 1 is 1.03 bits per heavy atom. The number of aromatic nitrogens is 4. The van der Waals surface area contributed by atoms with E-state index >= 15 is 0 Å². The number of nitrogens with zero attached hydrogens (tertiary/aromatic N) is 5. The van der Waals surface area contributed by atoms with Crippen molar-refractivity contribution >= 4 is 11.6 Å². The molecule has 0 aliphatic carbocycles. The normalized spacial score (nSPS) is 12.6. The van der Waals surface area contributed by atoms with Gasteiger partial charge in [-0.25, -0.2) is 19.3 Å². The largest absolute Gasteiger partial charge is 0.351 e. The van der Waals surface area contributed by atoms with Gasteiger partial charge in [0.1, 0.15) is 11.5 Å². The summed E-state index contributed by atoms with van der Waals surface area (Å²) in [5.74, 6) is 0.749. The second-order valence-corrected chi connectivity index (χ2v) is 8.76. The molecule has 32 heavy (non-hydrogen) atoms. The zero-order chi connectivity index (χ0) is 22.8. The molecule has 1 unspecified atom stereocenters. The maximum absolute atomic E-state index is 13.6. The van der Waals surface area contributed by atoms with Gasteiger partial charge in [-0.2, -0.15) is 0 Å². The highest BCUT2D eigenvalue weighted by molar-refractivity contribution is 5.80. The van der Waals surface area contributed by atoms with Crippen LogP contribution >= 0.6 is 0 Å². The molecular weight excluding hydrogens is 403 g/mol. The first-order chi connectivity index (χ1) is 15.3. The Labute approximate surface area is 188 Å². The van der Waals surface area contributed by atoms with E-state index in [4.69, 9.17) is 9.97 Å². The monoisotopic (exact) mass is 432 g/mol. The van der Waals surface area contributed by atoms with Crippen LogP contribution in [-0.2, 0) is 6.54 Å². The molecule has 0 amide bonds. The molecule has 0 aliphatic rings. The molecule has 6 nitrogen and oxygen atoms in total. The van der Waals surface area contributed by atoms with Gasteiger partial charge in [0, 0.05) is 30.5 Å². The topological polar surface area (TPSA) is 58.4 Å². The number of fused-ring (bicyclic) bond motifs is 1. The Balaban J connectivity index is 1.86. The molecule has 166 valence electrons. The number of hydrogen-bond donors (Lipinski definition) is 1. The summed E-state index contributed by atoms with van der Waals surface area (Å²) in [5.41, 5.74) is 5.19. The fourth-order valence-corrected chi connectivity index (χ4v) is 3.53. The van der Waals surface area contributed by atoms with Crippen molar-refractivity contribution in [2.75, 3.05) is 19.4 Å². The number of pyridine rings is 1. The molecule has 1 N–H and O–H groups in total. The van der Waals surface area contributed by atoms with Crippen LogP contribution in [0.1, 0.15) is 26.3 Å². The Bertz CT molecular complexity index is 1210. The van der Waals surface area contributed by atoms with Crippen LogP contribution in [0, 0.1) is 11.7 Å². The molecular formula is C25H29FN6. The maximum atomic E-state index is 13.6. The van der Waals surface area contributed by atoms with Crippen LogP contribution in [0.4, 0.5) is 10.3 Å². The lowest BCUT2D eigenvalue weighted by atomic mass is 10.1. The summed E-state index contributed by atoms with van der Waals surface area (Å²) in [7, 11) is 4.08. The molecule has 4 aromatic rings. The third-order valence-electron chi connectivity index (χ3n) is 5.56. The molecule has 0 bridgehead atoms. The van der Waals surface area contributed by atoms with Gasteiger partial charge in [0.05, 0.1) is 17.1 Å². The lowest BCUT2D eigenvalue weighted by Gasteiger charge is -2.17. The minimum atomic E-state index is -0.275. The van der Waals surface area contributed by atoms with E-state index in [1.807, 2.05) is 30.8 Å². The van der Waals surface area contributed by atoms with Crippen molar-refractivity contribution in [2.24, 2.45) is 5.92 Å². The van der Waals surface area contributed by atoms with Crippen LogP contribution in [0.15, 0.2) is 54.9 Å². The molecule has 0 fully saturated rings. The van der Waals surface area contributed by atoms with Crippen LogP contribution in [0.2, 0.25) is 0 Å². The fourth-order valence-electron chi connectivity index (χ4n) is 3.53. The molecule has 0 radical (unpaired) electrons. The molecule has 0 spiro atoms. The van der Waals surface area contributed by atoms with Crippen LogP contribution in [0.25, 0.3) is 28.3 Å². The zero-order valence-corrected chi connectivity index (χ0v) is 19.2. The minimum absolute atomic E-state index is 0.234. The van der Waals surface area contributed by atoms with Crippen molar-refractivity contribution in [2.45, 2.75) is 33.4 Å². The minimum Gasteiger partial charge on any atom is -0.351 e. The molecule has 3 aromatic heterocycles. The van der Waals surface area contributed by atoms with Crippen molar-refractivity contribution in [1.82, 2.24) is 24.3 Å². The molecule has 1 atom stereocenters. The van der Waals surface area contributed by atoms with Gasteiger partial charge in [0.25, 0.3) is 0 Å². The lowest BCUT2D eigenvalue weighted by molar-refractivity contribution is 0.402. The van der Waals surface area contributed by atoms with Crippen LogP contribution in [0.3, 0.4) is 0 Å². The van der Waals surface area contributed by atoms with Crippen LogP contribution < -0.4 is 5.32 Å². The molecule has 1 aromatic carbocycles. The SMILES string of the molecule is CC(C)C(C)Nc1nccc(-c2c(-c3ccc(F)cc3)nc3cc(CN(C)C)ccn23)n1. The first-order valence-corrected chi connectivity index (χ1v) is 10.8. The predicted molar refractivity (Wildman–Crippen MR) is 127 cm³/mol. The first kappa shape index (κ1) is 21.9. The number of imidazole rings is 1. The van der Waals surface area contributed by atoms with E-state index in [0.29, 0.717) is 11.9 Å². The molecule has 3 heterocycles. The third kappa shape index (κ3) is 4.62.